The molecule has 5 nitrogen and oxygen atoms in total. The van der Waals surface area contributed by atoms with Gasteiger partial charge in [-0.3, -0.25) is 14.5 Å². The summed E-state index contributed by atoms with van der Waals surface area (Å²) in [6.07, 6.45) is 0. The van der Waals surface area contributed by atoms with E-state index in [1.54, 1.807) is 19.2 Å². The van der Waals surface area contributed by atoms with E-state index in [1.807, 2.05) is 12.1 Å². The van der Waals surface area contributed by atoms with E-state index in [4.69, 9.17) is 4.74 Å². The number of carbonyl (C=O) groups excluding carboxylic acids is 2. The second-order valence-corrected chi connectivity index (χ2v) is 5.66. The third-order valence-corrected chi connectivity index (χ3v) is 3.96. The molecule has 0 saturated carbocycles. The SMILES string of the molecule is COc1ccc(N[C@H]2SC(=O)N(CCBr)C2=O)cc1. The lowest BCUT2D eigenvalue weighted by molar-refractivity contribution is -0.125. The highest BCUT2D eigenvalue weighted by Gasteiger charge is 2.39. The van der Waals surface area contributed by atoms with Crippen LogP contribution in [0.1, 0.15) is 0 Å². The van der Waals surface area contributed by atoms with E-state index in [0.717, 1.165) is 23.2 Å². The van der Waals surface area contributed by atoms with Crippen molar-refractivity contribution in [2.45, 2.75) is 5.37 Å². The highest BCUT2D eigenvalue weighted by atomic mass is 79.9. The first-order valence-corrected chi connectivity index (χ1v) is 7.64. The molecular weight excluding hydrogens is 332 g/mol. The van der Waals surface area contributed by atoms with Crippen molar-refractivity contribution in [3.63, 3.8) is 0 Å². The molecule has 1 N–H and O–H groups in total. The first-order chi connectivity index (χ1) is 9.15. The second kappa shape index (κ2) is 6.29. The predicted molar refractivity (Wildman–Crippen MR) is 78.9 cm³/mol. The number of alkyl halides is 1. The van der Waals surface area contributed by atoms with Gasteiger partial charge in [0.2, 0.25) is 0 Å². The molecule has 1 fully saturated rings. The number of ether oxygens (including phenoxy) is 1. The molecule has 1 aliphatic heterocycles. The minimum Gasteiger partial charge on any atom is -0.497 e. The molecule has 1 aliphatic rings. The standard InChI is InChI=1S/C12H13BrN2O3S/c1-18-9-4-2-8(3-5-9)14-10-11(16)15(7-6-13)12(17)19-10/h2-5,10,14H,6-7H2,1H3/t10-/m0/s1. The average molecular weight is 345 g/mol. The molecule has 1 aromatic carbocycles. The van der Waals surface area contributed by atoms with E-state index in [0.29, 0.717) is 11.9 Å². The number of amides is 2. The zero-order chi connectivity index (χ0) is 13.8. The number of imide groups is 1. The molecule has 1 aromatic rings. The molecule has 19 heavy (non-hydrogen) atoms. The first kappa shape index (κ1) is 14.2. The number of anilines is 1. The van der Waals surface area contributed by atoms with Crippen LogP contribution in [0.4, 0.5) is 10.5 Å². The van der Waals surface area contributed by atoms with Crippen LogP contribution in [-0.4, -0.2) is 40.4 Å². The van der Waals surface area contributed by atoms with Gasteiger partial charge in [0.05, 0.1) is 7.11 Å². The number of hydrogen-bond donors (Lipinski definition) is 1. The van der Waals surface area contributed by atoms with Crippen molar-refractivity contribution in [2.75, 3.05) is 24.3 Å². The van der Waals surface area contributed by atoms with Gasteiger partial charge in [-0.1, -0.05) is 15.9 Å². The van der Waals surface area contributed by atoms with Gasteiger partial charge in [0, 0.05) is 17.6 Å². The summed E-state index contributed by atoms with van der Waals surface area (Å²) in [5.41, 5.74) is 0.778. The fourth-order valence-corrected chi connectivity index (χ4v) is 2.95. The van der Waals surface area contributed by atoms with E-state index in [1.165, 1.54) is 4.90 Å². The Morgan fingerprint density at radius 2 is 2.05 bits per heavy atom. The highest BCUT2D eigenvalue weighted by Crippen LogP contribution is 2.28. The van der Waals surface area contributed by atoms with Gasteiger partial charge in [-0.25, -0.2) is 0 Å². The van der Waals surface area contributed by atoms with Crippen molar-refractivity contribution in [2.24, 2.45) is 0 Å². The maximum Gasteiger partial charge on any atom is 0.290 e. The molecule has 7 heteroatoms. The summed E-state index contributed by atoms with van der Waals surface area (Å²) in [7, 11) is 1.59. The molecule has 1 heterocycles. The molecule has 0 unspecified atom stereocenters. The first-order valence-electron chi connectivity index (χ1n) is 5.64. The molecule has 0 bridgehead atoms. The van der Waals surface area contributed by atoms with Crippen LogP contribution in [0.25, 0.3) is 0 Å². The number of benzene rings is 1. The topological polar surface area (TPSA) is 58.6 Å². The Labute approximate surface area is 123 Å². The van der Waals surface area contributed by atoms with Crippen LogP contribution < -0.4 is 10.1 Å². The van der Waals surface area contributed by atoms with Gasteiger partial charge < -0.3 is 10.1 Å². The summed E-state index contributed by atoms with van der Waals surface area (Å²) < 4.78 is 5.06. The fraction of sp³-hybridized carbons (Fsp3) is 0.333. The quantitative estimate of drug-likeness (QED) is 0.831. The summed E-state index contributed by atoms with van der Waals surface area (Å²) in [5, 5.41) is 2.86. The fourth-order valence-electron chi connectivity index (χ4n) is 1.66. The molecule has 1 atom stereocenters. The number of rotatable bonds is 5. The Balaban J connectivity index is 2.03. The van der Waals surface area contributed by atoms with Gasteiger partial charge in [-0.15, -0.1) is 0 Å². The third kappa shape index (κ3) is 3.22. The Kier molecular flexibility index (Phi) is 4.71. The molecular formula is C12H13BrN2O3S. The summed E-state index contributed by atoms with van der Waals surface area (Å²) >= 11 is 4.23. The molecule has 0 aliphatic carbocycles. The van der Waals surface area contributed by atoms with Crippen molar-refractivity contribution in [3.05, 3.63) is 24.3 Å². The van der Waals surface area contributed by atoms with E-state index in [9.17, 15) is 9.59 Å². The van der Waals surface area contributed by atoms with Crippen molar-refractivity contribution in [1.29, 1.82) is 0 Å². The Hall–Kier alpha value is -1.21. The highest BCUT2D eigenvalue weighted by molar-refractivity contribution is 9.09. The summed E-state index contributed by atoms with van der Waals surface area (Å²) in [4.78, 5) is 24.9. The average Bonchev–Trinajstić information content (AvgIpc) is 2.68. The van der Waals surface area contributed by atoms with Gasteiger partial charge in [0.1, 0.15) is 5.75 Å². The zero-order valence-corrected chi connectivity index (χ0v) is 12.7. The van der Waals surface area contributed by atoms with Crippen LogP contribution in [0.15, 0.2) is 24.3 Å². The summed E-state index contributed by atoms with van der Waals surface area (Å²) in [5.74, 6) is 0.540. The van der Waals surface area contributed by atoms with Crippen molar-refractivity contribution < 1.29 is 14.3 Å². The van der Waals surface area contributed by atoms with Gasteiger partial charge >= 0.3 is 0 Å². The zero-order valence-electron chi connectivity index (χ0n) is 10.3. The number of halogens is 1. The molecule has 1 saturated heterocycles. The molecule has 0 spiro atoms. The number of carbonyl (C=O) groups is 2. The predicted octanol–water partition coefficient (Wildman–Crippen LogP) is 2.52. The molecule has 2 rings (SSSR count). The number of nitrogens with one attached hydrogen (secondary N) is 1. The smallest absolute Gasteiger partial charge is 0.290 e. The Bertz CT molecular complexity index is 480. The van der Waals surface area contributed by atoms with E-state index in [2.05, 4.69) is 21.2 Å². The molecule has 0 radical (unpaired) electrons. The lowest BCUT2D eigenvalue weighted by Gasteiger charge is -2.13. The number of nitrogens with zero attached hydrogens (tertiary/aromatic N) is 1. The minimum absolute atomic E-state index is 0.203. The monoisotopic (exact) mass is 344 g/mol. The van der Waals surface area contributed by atoms with E-state index < -0.39 is 5.37 Å². The van der Waals surface area contributed by atoms with Crippen LogP contribution in [-0.2, 0) is 4.79 Å². The molecule has 0 aromatic heterocycles. The maximum atomic E-state index is 12.0. The van der Waals surface area contributed by atoms with E-state index in [-0.39, 0.29) is 11.1 Å². The number of thioether (sulfide) groups is 1. The largest absolute Gasteiger partial charge is 0.497 e. The van der Waals surface area contributed by atoms with Crippen molar-refractivity contribution in [3.8, 4) is 5.75 Å². The molecule has 102 valence electrons. The van der Waals surface area contributed by atoms with Gasteiger partial charge in [-0.2, -0.15) is 0 Å². The second-order valence-electron chi connectivity index (χ2n) is 3.82. The van der Waals surface area contributed by atoms with Crippen LogP contribution in [0, 0.1) is 0 Å². The summed E-state index contributed by atoms with van der Waals surface area (Å²) in [6, 6.07) is 7.21. The third-order valence-electron chi connectivity index (χ3n) is 2.63. The van der Waals surface area contributed by atoms with Gasteiger partial charge in [0.25, 0.3) is 11.1 Å². The van der Waals surface area contributed by atoms with Gasteiger partial charge in [0.15, 0.2) is 5.37 Å². The van der Waals surface area contributed by atoms with Gasteiger partial charge in [-0.05, 0) is 36.0 Å². The maximum absolute atomic E-state index is 12.0. The van der Waals surface area contributed by atoms with Crippen molar-refractivity contribution >= 4 is 44.5 Å². The lowest BCUT2D eigenvalue weighted by atomic mass is 10.3. The Morgan fingerprint density at radius 1 is 1.37 bits per heavy atom. The lowest BCUT2D eigenvalue weighted by Crippen LogP contribution is -2.35. The number of methoxy groups -OCH3 is 1. The molecule has 2 amide bonds. The van der Waals surface area contributed by atoms with Crippen LogP contribution in [0.3, 0.4) is 0 Å². The van der Waals surface area contributed by atoms with Crippen LogP contribution in [0.5, 0.6) is 5.75 Å². The Morgan fingerprint density at radius 3 is 2.63 bits per heavy atom. The normalized spacial score (nSPS) is 18.8. The minimum atomic E-state index is -0.556. The number of hydrogen-bond acceptors (Lipinski definition) is 5. The summed E-state index contributed by atoms with van der Waals surface area (Å²) in [6.45, 7) is 0.394. The van der Waals surface area contributed by atoms with Crippen LogP contribution in [0.2, 0.25) is 0 Å². The van der Waals surface area contributed by atoms with Crippen molar-refractivity contribution in [1.82, 2.24) is 4.90 Å². The van der Waals surface area contributed by atoms with E-state index >= 15 is 0 Å². The van der Waals surface area contributed by atoms with Crippen LogP contribution >= 0.6 is 27.7 Å².